The third-order valence-electron chi connectivity index (χ3n) is 2.93. The summed E-state index contributed by atoms with van der Waals surface area (Å²) in [5.74, 6) is -0.291. The van der Waals surface area contributed by atoms with Crippen molar-refractivity contribution in [2.75, 3.05) is 29.5 Å². The zero-order valence-electron chi connectivity index (χ0n) is 10.5. The van der Waals surface area contributed by atoms with Crippen LogP contribution < -0.4 is 22.1 Å². The van der Waals surface area contributed by atoms with Gasteiger partial charge in [-0.1, -0.05) is 6.92 Å². The highest BCUT2D eigenvalue weighted by molar-refractivity contribution is 8.00. The minimum atomic E-state index is -0.629. The lowest BCUT2D eigenvalue weighted by Crippen LogP contribution is -2.37. The number of primary amides is 2. The van der Waals surface area contributed by atoms with Crippen LogP contribution in [0.3, 0.4) is 0 Å². The number of hydrogen-bond donors (Lipinski definition) is 3. The molecule has 0 aromatic carbocycles. The lowest BCUT2D eigenvalue weighted by molar-refractivity contribution is 0.0999. The average Bonchev–Trinajstić information content (AvgIpc) is 2.67. The van der Waals surface area contributed by atoms with E-state index in [0.29, 0.717) is 10.3 Å². The van der Waals surface area contributed by atoms with Crippen LogP contribution in [0, 0.1) is 0 Å². The lowest BCUT2D eigenvalue weighted by atomic mass is 10.2. The summed E-state index contributed by atoms with van der Waals surface area (Å²) in [5.41, 5.74) is 16.8. The number of hydrogen-bond acceptors (Lipinski definition) is 6. The van der Waals surface area contributed by atoms with E-state index in [1.807, 2.05) is 11.8 Å². The quantitative estimate of drug-likeness (QED) is 0.750. The van der Waals surface area contributed by atoms with Crippen molar-refractivity contribution in [1.82, 2.24) is 0 Å². The van der Waals surface area contributed by atoms with Gasteiger partial charge in [0.25, 0.3) is 11.8 Å². The molecule has 1 aliphatic rings. The molecule has 1 aromatic rings. The van der Waals surface area contributed by atoms with Crippen LogP contribution in [0.2, 0.25) is 0 Å². The Hall–Kier alpha value is -1.41. The van der Waals surface area contributed by atoms with Crippen LogP contribution >= 0.6 is 23.1 Å². The maximum absolute atomic E-state index is 11.6. The maximum atomic E-state index is 11.6. The first-order chi connectivity index (χ1) is 8.91. The summed E-state index contributed by atoms with van der Waals surface area (Å²) in [6.07, 6.45) is 0. The van der Waals surface area contributed by atoms with Crippen molar-refractivity contribution >= 4 is 45.6 Å². The number of anilines is 2. The van der Waals surface area contributed by atoms with Crippen molar-refractivity contribution in [3.8, 4) is 0 Å². The van der Waals surface area contributed by atoms with Gasteiger partial charge < -0.3 is 22.1 Å². The molecule has 2 rings (SSSR count). The van der Waals surface area contributed by atoms with E-state index in [1.54, 1.807) is 0 Å². The highest BCUT2D eigenvalue weighted by Crippen LogP contribution is 2.39. The molecule has 1 aromatic heterocycles. The van der Waals surface area contributed by atoms with Crippen LogP contribution in [0.15, 0.2) is 0 Å². The second-order valence-electron chi connectivity index (χ2n) is 4.38. The number of thioether (sulfide) groups is 1. The van der Waals surface area contributed by atoms with Crippen LogP contribution in [-0.2, 0) is 0 Å². The molecule has 1 aliphatic heterocycles. The molecule has 6 N–H and O–H groups in total. The van der Waals surface area contributed by atoms with Crippen molar-refractivity contribution in [2.45, 2.75) is 12.2 Å². The van der Waals surface area contributed by atoms with Crippen LogP contribution in [0.4, 0.5) is 10.7 Å². The predicted molar refractivity (Wildman–Crippen MR) is 79.9 cm³/mol. The van der Waals surface area contributed by atoms with Gasteiger partial charge in [0.1, 0.15) is 9.88 Å². The van der Waals surface area contributed by atoms with Crippen LogP contribution in [0.5, 0.6) is 0 Å². The molecule has 0 bridgehead atoms. The Bertz CT molecular complexity index is 529. The van der Waals surface area contributed by atoms with E-state index in [9.17, 15) is 9.59 Å². The van der Waals surface area contributed by atoms with E-state index in [2.05, 4.69) is 11.8 Å². The summed E-state index contributed by atoms with van der Waals surface area (Å²) in [6.45, 7) is 3.71. The predicted octanol–water partition coefficient (Wildman–Crippen LogP) is 0.470. The summed E-state index contributed by atoms with van der Waals surface area (Å²) >= 11 is 3.02. The maximum Gasteiger partial charge on any atom is 0.260 e. The topological polar surface area (TPSA) is 115 Å². The van der Waals surface area contributed by atoms with Gasteiger partial charge in [0, 0.05) is 24.1 Å². The molecule has 8 heteroatoms. The van der Waals surface area contributed by atoms with E-state index in [0.717, 1.165) is 30.2 Å². The molecular formula is C11H16N4O2S2. The number of rotatable bonds is 3. The first-order valence-electron chi connectivity index (χ1n) is 5.80. The van der Waals surface area contributed by atoms with Crippen LogP contribution in [0.1, 0.15) is 27.0 Å². The normalized spacial score (nSPS) is 19.4. The molecule has 2 heterocycles. The SMILES string of the molecule is CC1CN(c2sc(C(N)=O)c(N)c2C(N)=O)CCS1. The molecular weight excluding hydrogens is 284 g/mol. The minimum absolute atomic E-state index is 0.103. The Morgan fingerprint density at radius 3 is 2.53 bits per heavy atom. The highest BCUT2D eigenvalue weighted by atomic mass is 32.2. The molecule has 104 valence electrons. The smallest absolute Gasteiger partial charge is 0.260 e. The van der Waals surface area contributed by atoms with Crippen molar-refractivity contribution in [2.24, 2.45) is 11.5 Å². The van der Waals surface area contributed by atoms with Crippen molar-refractivity contribution in [1.29, 1.82) is 0 Å². The molecule has 19 heavy (non-hydrogen) atoms. The van der Waals surface area contributed by atoms with Gasteiger partial charge in [-0.3, -0.25) is 9.59 Å². The number of carbonyl (C=O) groups excluding carboxylic acids is 2. The molecule has 1 saturated heterocycles. The van der Waals surface area contributed by atoms with Crippen molar-refractivity contribution in [3.05, 3.63) is 10.4 Å². The number of nitrogens with two attached hydrogens (primary N) is 3. The Balaban J connectivity index is 2.46. The van der Waals surface area contributed by atoms with Gasteiger partial charge in [-0.2, -0.15) is 11.8 Å². The second kappa shape index (κ2) is 5.30. The third-order valence-corrected chi connectivity index (χ3v) is 5.34. The van der Waals surface area contributed by atoms with Gasteiger partial charge in [-0.25, -0.2) is 0 Å². The van der Waals surface area contributed by atoms with E-state index < -0.39 is 11.8 Å². The molecule has 0 radical (unpaired) electrons. The fourth-order valence-corrected chi connectivity index (χ4v) is 4.21. The summed E-state index contributed by atoms with van der Waals surface area (Å²) in [7, 11) is 0. The van der Waals surface area contributed by atoms with E-state index in [-0.39, 0.29) is 16.1 Å². The summed E-state index contributed by atoms with van der Waals surface area (Å²) < 4.78 is 0. The molecule has 1 atom stereocenters. The highest BCUT2D eigenvalue weighted by Gasteiger charge is 2.28. The van der Waals surface area contributed by atoms with Crippen LogP contribution in [-0.4, -0.2) is 35.9 Å². The van der Waals surface area contributed by atoms with E-state index in [4.69, 9.17) is 17.2 Å². The van der Waals surface area contributed by atoms with Gasteiger partial charge in [0.2, 0.25) is 0 Å². The first kappa shape index (κ1) is 14.0. The lowest BCUT2D eigenvalue weighted by Gasteiger charge is -2.31. The average molecular weight is 300 g/mol. The first-order valence-corrected chi connectivity index (χ1v) is 7.66. The van der Waals surface area contributed by atoms with Gasteiger partial charge in [0.15, 0.2) is 0 Å². The third kappa shape index (κ3) is 2.64. The molecule has 0 spiro atoms. The van der Waals surface area contributed by atoms with Crippen LogP contribution in [0.25, 0.3) is 0 Å². The molecule has 1 fully saturated rings. The minimum Gasteiger partial charge on any atom is -0.397 e. The molecule has 0 aliphatic carbocycles. The summed E-state index contributed by atoms with van der Waals surface area (Å²) in [4.78, 5) is 25.2. The van der Waals surface area contributed by atoms with Gasteiger partial charge in [-0.05, 0) is 0 Å². The molecule has 1 unspecified atom stereocenters. The zero-order chi connectivity index (χ0) is 14.2. The number of nitrogens with zero attached hydrogens (tertiary/aromatic N) is 1. The summed E-state index contributed by atoms with van der Waals surface area (Å²) in [5, 5.41) is 1.11. The van der Waals surface area contributed by atoms with Gasteiger partial charge >= 0.3 is 0 Å². The van der Waals surface area contributed by atoms with Gasteiger partial charge in [0.05, 0.1) is 11.3 Å². The molecule has 0 saturated carbocycles. The Kier molecular flexibility index (Phi) is 3.91. The number of nitrogen functional groups attached to an aromatic ring is 1. The summed E-state index contributed by atoms with van der Waals surface area (Å²) in [6, 6.07) is 0. The standard InChI is InChI=1S/C11H16N4O2S2/c1-5-4-15(2-3-18-5)11-6(9(13)16)7(12)8(19-11)10(14)17/h5H,2-4,12H2,1H3,(H2,13,16)(H2,14,17). The number of carbonyl (C=O) groups is 2. The number of thiophene rings is 1. The second-order valence-corrected chi connectivity index (χ2v) is 6.93. The van der Waals surface area contributed by atoms with Crippen molar-refractivity contribution in [3.63, 3.8) is 0 Å². The Labute approximate surface area is 119 Å². The van der Waals surface area contributed by atoms with Gasteiger partial charge in [-0.15, -0.1) is 11.3 Å². The fraction of sp³-hybridized carbons (Fsp3) is 0.455. The van der Waals surface area contributed by atoms with E-state index >= 15 is 0 Å². The van der Waals surface area contributed by atoms with Crippen molar-refractivity contribution < 1.29 is 9.59 Å². The largest absolute Gasteiger partial charge is 0.397 e. The zero-order valence-corrected chi connectivity index (χ0v) is 12.1. The Morgan fingerprint density at radius 1 is 1.32 bits per heavy atom. The monoisotopic (exact) mass is 300 g/mol. The molecule has 2 amide bonds. The van der Waals surface area contributed by atoms with E-state index in [1.165, 1.54) is 0 Å². The Morgan fingerprint density at radius 2 is 2.00 bits per heavy atom. The fourth-order valence-electron chi connectivity index (χ4n) is 2.08. The molecule has 6 nitrogen and oxygen atoms in total. The number of amides is 2.